The molecule has 1 aliphatic heterocycles. The van der Waals surface area contributed by atoms with E-state index in [1.807, 2.05) is 6.92 Å². The lowest BCUT2D eigenvalue weighted by Gasteiger charge is -2.21. The van der Waals surface area contributed by atoms with Gasteiger partial charge in [-0.15, -0.1) is 11.8 Å². The molecule has 1 saturated heterocycles. The third-order valence-corrected chi connectivity index (χ3v) is 4.66. The zero-order valence-corrected chi connectivity index (χ0v) is 11.2. The van der Waals surface area contributed by atoms with Crippen molar-refractivity contribution in [2.24, 2.45) is 0 Å². The van der Waals surface area contributed by atoms with Crippen LogP contribution in [0.25, 0.3) is 0 Å². The number of phenols is 1. The quantitative estimate of drug-likeness (QED) is 0.505. The van der Waals surface area contributed by atoms with E-state index in [-0.39, 0.29) is 23.0 Å². The number of hydrogen-bond acceptors (Lipinski definition) is 5. The van der Waals surface area contributed by atoms with Gasteiger partial charge < -0.3 is 10.4 Å². The van der Waals surface area contributed by atoms with Crippen LogP contribution in [0.15, 0.2) is 18.2 Å². The van der Waals surface area contributed by atoms with Crippen molar-refractivity contribution in [1.29, 1.82) is 0 Å². The summed E-state index contributed by atoms with van der Waals surface area (Å²) in [4.78, 5) is 22.3. The molecule has 1 unspecified atom stereocenters. The second-order valence-corrected chi connectivity index (χ2v) is 6.19. The largest absolute Gasteiger partial charge is 0.506 e. The first-order valence-electron chi connectivity index (χ1n) is 5.85. The van der Waals surface area contributed by atoms with Gasteiger partial charge in [0, 0.05) is 12.1 Å². The van der Waals surface area contributed by atoms with Crippen LogP contribution in [0.3, 0.4) is 0 Å². The van der Waals surface area contributed by atoms with Crippen molar-refractivity contribution in [2.45, 2.75) is 24.5 Å². The fraction of sp³-hybridized carbons (Fsp3) is 0.417. The molecule has 1 aromatic rings. The lowest BCUT2D eigenvalue weighted by atomic mass is 10.0. The number of amides is 1. The van der Waals surface area contributed by atoms with Crippen LogP contribution in [-0.2, 0) is 4.79 Å². The van der Waals surface area contributed by atoms with Crippen LogP contribution in [0.5, 0.6) is 5.75 Å². The Morgan fingerprint density at radius 1 is 1.58 bits per heavy atom. The Bertz CT molecular complexity index is 526. The van der Waals surface area contributed by atoms with Crippen LogP contribution in [0.2, 0.25) is 0 Å². The number of nitro groups is 1. The topological polar surface area (TPSA) is 92.5 Å². The maximum Gasteiger partial charge on any atom is 0.271 e. The number of thioether (sulfide) groups is 1. The number of nitrogens with zero attached hydrogens (tertiary/aromatic N) is 1. The molecule has 1 aromatic carbocycles. The first-order valence-corrected chi connectivity index (χ1v) is 6.84. The Balaban J connectivity index is 2.20. The van der Waals surface area contributed by atoms with E-state index in [0.29, 0.717) is 0 Å². The summed E-state index contributed by atoms with van der Waals surface area (Å²) < 4.78 is -0.531. The van der Waals surface area contributed by atoms with E-state index < -0.39 is 9.67 Å². The first kappa shape index (κ1) is 13.7. The molecule has 2 rings (SSSR count). The molecule has 2 N–H and O–H groups in total. The van der Waals surface area contributed by atoms with E-state index >= 15 is 0 Å². The number of phenolic OH excluding ortho intramolecular Hbond substituents is 1. The van der Waals surface area contributed by atoms with Crippen LogP contribution in [0, 0.1) is 10.1 Å². The van der Waals surface area contributed by atoms with Gasteiger partial charge in [0.05, 0.1) is 15.4 Å². The number of nitrogens with one attached hydrogen (secondary N) is 1. The maximum atomic E-state index is 12.2. The summed E-state index contributed by atoms with van der Waals surface area (Å²) in [5, 5.41) is 22.9. The van der Waals surface area contributed by atoms with Gasteiger partial charge in [-0.05, 0) is 31.6 Å². The van der Waals surface area contributed by atoms with Crippen LogP contribution < -0.4 is 5.32 Å². The molecule has 0 aliphatic carbocycles. The van der Waals surface area contributed by atoms with Gasteiger partial charge in [0.2, 0.25) is 5.91 Å². The highest BCUT2D eigenvalue weighted by Crippen LogP contribution is 2.39. The molecule has 1 atom stereocenters. The molecule has 0 bridgehead atoms. The fourth-order valence-electron chi connectivity index (χ4n) is 1.95. The van der Waals surface area contributed by atoms with E-state index in [2.05, 4.69) is 5.32 Å². The first-order chi connectivity index (χ1) is 8.92. The second kappa shape index (κ2) is 5.08. The van der Waals surface area contributed by atoms with E-state index in [4.69, 9.17) is 0 Å². The molecule has 1 fully saturated rings. The van der Waals surface area contributed by atoms with Crippen molar-refractivity contribution in [1.82, 2.24) is 0 Å². The maximum absolute atomic E-state index is 12.2. The Hall–Kier alpha value is -1.76. The Kier molecular flexibility index (Phi) is 3.66. The fourth-order valence-corrected chi connectivity index (χ4v) is 3.16. The standard InChI is InChI=1S/C12H14N2O4S/c1-12(5-2-6-19-12)11(16)13-9-7-8(14(17)18)3-4-10(9)15/h3-4,7,15H,2,5-6H2,1H3,(H,13,16). The average Bonchev–Trinajstić information content (AvgIpc) is 2.80. The summed E-state index contributed by atoms with van der Waals surface area (Å²) >= 11 is 1.56. The number of aromatic hydroxyl groups is 1. The minimum absolute atomic E-state index is 0.0768. The van der Waals surface area contributed by atoms with Gasteiger partial charge in [-0.25, -0.2) is 0 Å². The van der Waals surface area contributed by atoms with E-state index in [0.717, 1.165) is 24.7 Å². The zero-order valence-electron chi connectivity index (χ0n) is 10.4. The van der Waals surface area contributed by atoms with Crippen LogP contribution in [-0.4, -0.2) is 26.4 Å². The number of non-ortho nitro benzene ring substituents is 1. The van der Waals surface area contributed by atoms with Crippen LogP contribution in [0.1, 0.15) is 19.8 Å². The summed E-state index contributed by atoms with van der Waals surface area (Å²) in [5.41, 5.74) is -0.0924. The van der Waals surface area contributed by atoms with Crippen molar-refractivity contribution in [3.63, 3.8) is 0 Å². The molecule has 0 aromatic heterocycles. The SMILES string of the molecule is CC1(C(=O)Nc2cc([N+](=O)[O-])ccc2O)CCCS1. The lowest BCUT2D eigenvalue weighted by molar-refractivity contribution is -0.384. The molecule has 1 amide bonds. The molecule has 1 heterocycles. The van der Waals surface area contributed by atoms with Crippen molar-refractivity contribution in [3.05, 3.63) is 28.3 Å². The number of anilines is 1. The monoisotopic (exact) mass is 282 g/mol. The van der Waals surface area contributed by atoms with Gasteiger partial charge >= 0.3 is 0 Å². The Morgan fingerprint density at radius 3 is 2.89 bits per heavy atom. The number of benzene rings is 1. The Labute approximate surface area is 114 Å². The summed E-state index contributed by atoms with van der Waals surface area (Å²) in [6.45, 7) is 1.84. The number of hydrogen-bond donors (Lipinski definition) is 2. The minimum Gasteiger partial charge on any atom is -0.506 e. The van der Waals surface area contributed by atoms with E-state index in [9.17, 15) is 20.0 Å². The number of nitro benzene ring substituents is 1. The highest BCUT2D eigenvalue weighted by molar-refractivity contribution is 8.01. The summed E-state index contributed by atoms with van der Waals surface area (Å²) in [5.74, 6) is 0.515. The van der Waals surface area contributed by atoms with Gasteiger partial charge in [-0.1, -0.05) is 0 Å². The number of carbonyl (C=O) groups is 1. The second-order valence-electron chi connectivity index (χ2n) is 4.60. The van der Waals surface area contributed by atoms with E-state index in [1.54, 1.807) is 11.8 Å². The van der Waals surface area contributed by atoms with Gasteiger partial charge in [-0.3, -0.25) is 14.9 Å². The normalized spacial score (nSPS) is 22.2. The van der Waals surface area contributed by atoms with Crippen LogP contribution >= 0.6 is 11.8 Å². The van der Waals surface area contributed by atoms with Gasteiger partial charge in [0.15, 0.2) is 0 Å². The molecule has 0 saturated carbocycles. The lowest BCUT2D eigenvalue weighted by Crippen LogP contribution is -2.34. The molecule has 0 radical (unpaired) electrons. The van der Waals surface area contributed by atoms with Crippen LogP contribution in [0.4, 0.5) is 11.4 Å². The van der Waals surface area contributed by atoms with Gasteiger partial charge in [-0.2, -0.15) is 0 Å². The third kappa shape index (κ3) is 2.81. The van der Waals surface area contributed by atoms with Crippen molar-refractivity contribution < 1.29 is 14.8 Å². The van der Waals surface area contributed by atoms with E-state index in [1.165, 1.54) is 12.1 Å². The molecule has 1 aliphatic rings. The Morgan fingerprint density at radius 2 is 2.32 bits per heavy atom. The van der Waals surface area contributed by atoms with Crippen molar-refractivity contribution in [3.8, 4) is 5.75 Å². The summed E-state index contributed by atoms with van der Waals surface area (Å²) in [6, 6.07) is 3.56. The highest BCUT2D eigenvalue weighted by atomic mass is 32.2. The molecule has 6 nitrogen and oxygen atoms in total. The minimum atomic E-state index is -0.568. The molecular formula is C12H14N2O4S. The zero-order chi connectivity index (χ0) is 14.0. The predicted molar refractivity (Wildman–Crippen MR) is 73.5 cm³/mol. The molecule has 102 valence electrons. The van der Waals surface area contributed by atoms with Gasteiger partial charge in [0.25, 0.3) is 5.69 Å². The summed E-state index contributed by atoms with van der Waals surface area (Å²) in [7, 11) is 0. The molecule has 19 heavy (non-hydrogen) atoms. The number of carbonyl (C=O) groups excluding carboxylic acids is 1. The molecular weight excluding hydrogens is 268 g/mol. The smallest absolute Gasteiger partial charge is 0.271 e. The number of rotatable bonds is 3. The average molecular weight is 282 g/mol. The molecule has 0 spiro atoms. The van der Waals surface area contributed by atoms with Crippen molar-refractivity contribution in [2.75, 3.05) is 11.1 Å². The van der Waals surface area contributed by atoms with Gasteiger partial charge in [0.1, 0.15) is 5.75 Å². The van der Waals surface area contributed by atoms with Crippen molar-refractivity contribution >= 4 is 29.0 Å². The molecule has 7 heteroatoms. The highest BCUT2D eigenvalue weighted by Gasteiger charge is 2.37. The third-order valence-electron chi connectivity index (χ3n) is 3.14. The predicted octanol–water partition coefficient (Wildman–Crippen LogP) is 2.52. The summed E-state index contributed by atoms with van der Waals surface area (Å²) in [6.07, 6.45) is 1.73.